The summed E-state index contributed by atoms with van der Waals surface area (Å²) in [6, 6.07) is 0. The molecule has 0 fully saturated rings. The van der Waals surface area contributed by atoms with E-state index < -0.39 is 0 Å². The molecule has 2 N–H and O–H groups in total. The number of unbranched alkanes of at least 4 members (excludes halogenated alkanes) is 1. The van der Waals surface area contributed by atoms with Crippen molar-refractivity contribution in [3.8, 4) is 0 Å². The molecule has 0 amide bonds. The van der Waals surface area contributed by atoms with E-state index >= 15 is 0 Å². The molecule has 40 valence electrons. The maximum atomic E-state index is 5.24. The summed E-state index contributed by atoms with van der Waals surface area (Å²) in [4.78, 5) is 0. The number of rotatable bonds is 3. The van der Waals surface area contributed by atoms with Crippen LogP contribution in [0.15, 0.2) is 0 Å². The highest BCUT2D eigenvalue weighted by molar-refractivity contribution is 7.97. The van der Waals surface area contributed by atoms with Crippen molar-refractivity contribution in [2.75, 3.05) is 5.75 Å². The van der Waals surface area contributed by atoms with Crippen LogP contribution in [0, 0.1) is 0 Å². The van der Waals surface area contributed by atoms with Crippen molar-refractivity contribution in [3.05, 3.63) is 0 Å². The van der Waals surface area contributed by atoms with Crippen LogP contribution in [0.1, 0.15) is 19.8 Å². The van der Waals surface area contributed by atoms with Gasteiger partial charge in [-0.3, -0.25) is 5.14 Å². The van der Waals surface area contributed by atoms with Crippen LogP contribution in [0.2, 0.25) is 0 Å². The fourth-order valence-corrected chi connectivity index (χ4v) is 0.837. The Morgan fingerprint density at radius 3 is 2.50 bits per heavy atom. The Kier molecular flexibility index (Phi) is 5.58. The molecule has 0 atom stereocenters. The van der Waals surface area contributed by atoms with Gasteiger partial charge in [0.25, 0.3) is 0 Å². The molecule has 0 aromatic heterocycles. The molecule has 0 aliphatic carbocycles. The molecule has 0 spiro atoms. The monoisotopic (exact) mass is 107 g/mol. The average molecular weight is 107 g/mol. The molecule has 0 aromatic carbocycles. The third kappa shape index (κ3) is 4.31. The summed E-state index contributed by atoms with van der Waals surface area (Å²) in [6.07, 6.45) is 2.58. The van der Waals surface area contributed by atoms with E-state index in [1.807, 2.05) is 0 Å². The van der Waals surface area contributed by atoms with Gasteiger partial charge in [-0.05, 0) is 12.2 Å². The van der Waals surface area contributed by atoms with Gasteiger partial charge < -0.3 is 0 Å². The van der Waals surface area contributed by atoms with Crippen LogP contribution in [-0.2, 0) is 0 Å². The first-order valence-electron chi connectivity index (χ1n) is 2.35. The molecular formula is C4H13NS. The molecule has 0 aliphatic rings. The van der Waals surface area contributed by atoms with E-state index in [2.05, 4.69) is 6.92 Å². The first kappa shape index (κ1) is 6.31. The lowest BCUT2D eigenvalue weighted by atomic mass is 10.4. The standard InChI is InChI=1S/C4H13NS/c1-2-3-4-6-5/h2-6H2,1H3. The first-order valence-corrected chi connectivity index (χ1v) is 3.63. The van der Waals surface area contributed by atoms with E-state index in [-0.39, 0.29) is 0 Å². The van der Waals surface area contributed by atoms with E-state index in [9.17, 15) is 0 Å². The quantitative estimate of drug-likeness (QED) is 0.532. The van der Waals surface area contributed by atoms with Crippen LogP contribution in [0.5, 0.6) is 0 Å². The van der Waals surface area contributed by atoms with Crippen molar-refractivity contribution < 1.29 is 0 Å². The Labute approximate surface area is 43.4 Å². The van der Waals surface area contributed by atoms with Crippen molar-refractivity contribution in [2.45, 2.75) is 19.8 Å². The smallest absolute Gasteiger partial charge is 0.0164 e. The molecule has 0 rings (SSSR count). The van der Waals surface area contributed by atoms with Crippen LogP contribution in [-0.4, -0.2) is 5.75 Å². The SMILES string of the molecule is CCCC[SH2]N. The highest BCUT2D eigenvalue weighted by Crippen LogP contribution is 1.92. The Morgan fingerprint density at radius 2 is 2.33 bits per heavy atom. The maximum absolute atomic E-state index is 5.24. The summed E-state index contributed by atoms with van der Waals surface area (Å²) in [6.45, 7) is 2.18. The first-order chi connectivity index (χ1) is 2.91. The second-order valence-electron chi connectivity index (χ2n) is 1.31. The van der Waals surface area contributed by atoms with E-state index in [1.165, 1.54) is 18.6 Å². The fourth-order valence-electron chi connectivity index (χ4n) is 0.279. The largest absolute Gasteiger partial charge is 0.299 e. The molecular weight excluding hydrogens is 94.1 g/mol. The Hall–Kier alpha value is 0.310. The predicted molar refractivity (Wildman–Crippen MR) is 34.3 cm³/mol. The minimum atomic E-state index is 0.665. The number of hydrogen-bond donors (Lipinski definition) is 1. The molecule has 6 heavy (non-hydrogen) atoms. The minimum Gasteiger partial charge on any atom is -0.299 e. The molecule has 0 radical (unpaired) electrons. The summed E-state index contributed by atoms with van der Waals surface area (Å²) < 4.78 is 0. The normalized spacial score (nSPS) is 12.3. The van der Waals surface area contributed by atoms with Gasteiger partial charge in [0.2, 0.25) is 0 Å². The third-order valence-electron chi connectivity index (χ3n) is 0.675. The van der Waals surface area contributed by atoms with Crippen LogP contribution in [0.3, 0.4) is 0 Å². The van der Waals surface area contributed by atoms with Crippen LogP contribution >= 0.6 is 11.9 Å². The van der Waals surface area contributed by atoms with Gasteiger partial charge in [-0.25, -0.2) is 11.9 Å². The number of hydrogen-bond acceptors (Lipinski definition) is 1. The van der Waals surface area contributed by atoms with Crippen LogP contribution in [0.25, 0.3) is 0 Å². The van der Waals surface area contributed by atoms with Gasteiger partial charge in [-0.2, -0.15) is 0 Å². The van der Waals surface area contributed by atoms with Crippen molar-refractivity contribution in [2.24, 2.45) is 5.14 Å². The molecule has 0 aromatic rings. The molecule has 0 saturated heterocycles. The highest BCUT2D eigenvalue weighted by atomic mass is 32.2. The lowest BCUT2D eigenvalue weighted by Gasteiger charge is -1.89. The van der Waals surface area contributed by atoms with Gasteiger partial charge in [-0.15, -0.1) is 0 Å². The molecule has 2 heteroatoms. The summed E-state index contributed by atoms with van der Waals surface area (Å²) >= 11 is 0.665. The average Bonchev–Trinajstić information content (AvgIpc) is 1.61. The number of nitrogens with two attached hydrogens (primary N) is 1. The molecule has 1 nitrogen and oxygen atoms in total. The summed E-state index contributed by atoms with van der Waals surface area (Å²) in [5, 5.41) is 5.24. The molecule has 0 aliphatic heterocycles. The van der Waals surface area contributed by atoms with Gasteiger partial charge in [0.15, 0.2) is 0 Å². The Bertz CT molecular complexity index is 19.5. The Morgan fingerprint density at radius 1 is 1.67 bits per heavy atom. The van der Waals surface area contributed by atoms with E-state index in [4.69, 9.17) is 5.14 Å². The lowest BCUT2D eigenvalue weighted by molar-refractivity contribution is 0.896. The van der Waals surface area contributed by atoms with Crippen molar-refractivity contribution in [1.82, 2.24) is 0 Å². The van der Waals surface area contributed by atoms with Gasteiger partial charge in [0.05, 0.1) is 0 Å². The van der Waals surface area contributed by atoms with E-state index in [0.29, 0.717) is 11.9 Å². The van der Waals surface area contributed by atoms with Crippen LogP contribution < -0.4 is 5.14 Å². The van der Waals surface area contributed by atoms with Gasteiger partial charge >= 0.3 is 0 Å². The minimum absolute atomic E-state index is 0.665. The fraction of sp³-hybridized carbons (Fsp3) is 1.00. The topological polar surface area (TPSA) is 26.0 Å². The second kappa shape index (κ2) is 5.31. The zero-order chi connectivity index (χ0) is 4.83. The summed E-state index contributed by atoms with van der Waals surface area (Å²) in [7, 11) is 0. The van der Waals surface area contributed by atoms with Crippen molar-refractivity contribution in [3.63, 3.8) is 0 Å². The Balaban J connectivity index is 2.34. The maximum Gasteiger partial charge on any atom is -0.0164 e. The molecule has 0 unspecified atom stereocenters. The highest BCUT2D eigenvalue weighted by Gasteiger charge is 1.73. The van der Waals surface area contributed by atoms with Gasteiger partial charge in [0, 0.05) is 0 Å². The third-order valence-corrected chi connectivity index (χ3v) is 1.32. The van der Waals surface area contributed by atoms with Crippen LogP contribution in [0.4, 0.5) is 0 Å². The van der Waals surface area contributed by atoms with Gasteiger partial charge in [0.1, 0.15) is 0 Å². The summed E-state index contributed by atoms with van der Waals surface area (Å²) in [5.74, 6) is 1.22. The lowest BCUT2D eigenvalue weighted by Crippen LogP contribution is -1.82. The zero-order valence-electron chi connectivity index (χ0n) is 4.20. The predicted octanol–water partition coefficient (Wildman–Crippen LogP) is 0.858. The molecule has 0 heterocycles. The van der Waals surface area contributed by atoms with Crippen molar-refractivity contribution >= 4 is 11.9 Å². The van der Waals surface area contributed by atoms with E-state index in [1.54, 1.807) is 0 Å². The molecule has 0 saturated carbocycles. The van der Waals surface area contributed by atoms with Gasteiger partial charge in [-0.1, -0.05) is 13.3 Å². The molecule has 0 bridgehead atoms. The van der Waals surface area contributed by atoms with E-state index in [0.717, 1.165) is 0 Å². The second-order valence-corrected chi connectivity index (χ2v) is 2.22. The zero-order valence-corrected chi connectivity index (χ0v) is 5.20. The summed E-state index contributed by atoms with van der Waals surface area (Å²) in [5.41, 5.74) is 0. The van der Waals surface area contributed by atoms with Crippen molar-refractivity contribution in [1.29, 1.82) is 0 Å².